The number of aliphatic imine (C=N–C) groups is 1. The summed E-state index contributed by atoms with van der Waals surface area (Å²) in [5, 5.41) is 8.95. The van der Waals surface area contributed by atoms with Crippen LogP contribution in [-0.2, 0) is 4.79 Å². The number of hydrogen-bond donors (Lipinski definition) is 1. The predicted octanol–water partition coefficient (Wildman–Crippen LogP) is 0.319. The summed E-state index contributed by atoms with van der Waals surface area (Å²) in [4.78, 5) is 30.4. The third-order valence-corrected chi connectivity index (χ3v) is 4.40. The van der Waals surface area contributed by atoms with Crippen molar-refractivity contribution in [3.63, 3.8) is 0 Å². The highest BCUT2D eigenvalue weighted by molar-refractivity contribution is 8.03. The molecule has 1 atom stereocenters. The van der Waals surface area contributed by atoms with Crippen molar-refractivity contribution in [1.29, 1.82) is 0 Å². The summed E-state index contributed by atoms with van der Waals surface area (Å²) in [6.45, 7) is 1.92. The molecule has 0 spiro atoms. The van der Waals surface area contributed by atoms with Crippen molar-refractivity contribution in [1.82, 2.24) is 4.90 Å². The molecule has 0 aromatic heterocycles. The second-order valence-corrected chi connectivity index (χ2v) is 5.54. The topological polar surface area (TPSA) is 73.0 Å². The molecule has 102 valence electrons. The number of fused-ring (bicyclic) bond motifs is 1. The Morgan fingerprint density at radius 3 is 2.84 bits per heavy atom. The third-order valence-electron chi connectivity index (χ3n) is 3.14. The molecule has 6 nitrogen and oxygen atoms in total. The van der Waals surface area contributed by atoms with Gasteiger partial charge in [0.25, 0.3) is 5.84 Å². The molecule has 0 aromatic carbocycles. The Morgan fingerprint density at radius 1 is 1.53 bits per heavy atom. The Labute approximate surface area is 115 Å². The van der Waals surface area contributed by atoms with Crippen molar-refractivity contribution < 1.29 is 19.3 Å². The van der Waals surface area contributed by atoms with Crippen molar-refractivity contribution in [3.05, 3.63) is 10.5 Å². The van der Waals surface area contributed by atoms with Crippen molar-refractivity contribution in [2.45, 2.75) is 6.92 Å². The number of carbonyl (C=O) groups is 2. The quantitative estimate of drug-likeness (QED) is 0.757. The standard InChI is InChI=1S/C12H16N3O3S/c1-7-6-13-10-8(9(7)19-5-4-16)11(17)15(3)12(18)14(10)2/h6,8,16H,4-5H2,1-3H3/q+1. The van der Waals surface area contributed by atoms with Crippen LogP contribution in [0.2, 0.25) is 0 Å². The van der Waals surface area contributed by atoms with Gasteiger partial charge in [-0.25, -0.2) is 4.79 Å². The first kappa shape index (κ1) is 14.0. The van der Waals surface area contributed by atoms with E-state index in [2.05, 4.69) is 4.99 Å². The third kappa shape index (κ3) is 2.23. The van der Waals surface area contributed by atoms with E-state index >= 15 is 0 Å². The molecule has 2 heterocycles. The number of hydrogen-bond acceptors (Lipinski definition) is 5. The zero-order valence-corrected chi connectivity index (χ0v) is 11.9. The molecule has 0 bridgehead atoms. The number of thioether (sulfide) groups is 1. The minimum Gasteiger partial charge on any atom is -0.396 e. The molecule has 0 radical (unpaired) electrons. The fourth-order valence-electron chi connectivity index (χ4n) is 2.11. The second-order valence-electron chi connectivity index (χ2n) is 4.41. The summed E-state index contributed by atoms with van der Waals surface area (Å²) >= 11 is 1.43. The molecule has 0 aliphatic carbocycles. The van der Waals surface area contributed by atoms with E-state index in [9.17, 15) is 9.59 Å². The zero-order valence-electron chi connectivity index (χ0n) is 11.1. The molecule has 0 fully saturated rings. The molecule has 2 aliphatic rings. The van der Waals surface area contributed by atoms with E-state index in [1.54, 1.807) is 13.3 Å². The van der Waals surface area contributed by atoms with Gasteiger partial charge in [0, 0.05) is 10.7 Å². The number of amidine groups is 1. The van der Waals surface area contributed by atoms with Crippen LogP contribution in [0.4, 0.5) is 4.79 Å². The number of aliphatic hydroxyl groups excluding tert-OH is 1. The van der Waals surface area contributed by atoms with Gasteiger partial charge in [0.1, 0.15) is 6.21 Å². The lowest BCUT2D eigenvalue weighted by Crippen LogP contribution is -2.52. The van der Waals surface area contributed by atoms with Gasteiger partial charge in [-0.15, -0.1) is 16.8 Å². The number of urea groups is 1. The molecule has 0 saturated carbocycles. The van der Waals surface area contributed by atoms with Crippen LogP contribution in [0.1, 0.15) is 6.92 Å². The van der Waals surface area contributed by atoms with Gasteiger partial charge in [-0.2, -0.15) is 9.48 Å². The highest BCUT2D eigenvalue weighted by atomic mass is 32.2. The lowest BCUT2D eigenvalue weighted by Gasteiger charge is -2.27. The molecular weight excluding hydrogens is 266 g/mol. The van der Waals surface area contributed by atoms with Crippen molar-refractivity contribution in [2.75, 3.05) is 26.5 Å². The van der Waals surface area contributed by atoms with Crippen LogP contribution in [0.15, 0.2) is 15.5 Å². The van der Waals surface area contributed by atoms with Crippen LogP contribution in [0.3, 0.4) is 0 Å². The number of nitrogens with zero attached hydrogens (tertiary/aromatic N) is 3. The Hall–Kier alpha value is -1.47. The number of carbonyl (C=O) groups excluding carboxylic acids is 2. The number of rotatable bonds is 3. The maximum absolute atomic E-state index is 12.3. The van der Waals surface area contributed by atoms with Crippen LogP contribution in [-0.4, -0.2) is 65.0 Å². The monoisotopic (exact) mass is 282 g/mol. The van der Waals surface area contributed by atoms with Gasteiger partial charge in [0.2, 0.25) is 0 Å². The molecule has 19 heavy (non-hydrogen) atoms. The minimum atomic E-state index is -0.533. The molecule has 7 heteroatoms. The summed E-state index contributed by atoms with van der Waals surface area (Å²) < 4.78 is 1.40. The molecule has 3 amide bonds. The molecule has 0 saturated heterocycles. The average molecular weight is 282 g/mol. The van der Waals surface area contributed by atoms with Gasteiger partial charge < -0.3 is 5.11 Å². The van der Waals surface area contributed by atoms with Gasteiger partial charge in [-0.1, -0.05) is 0 Å². The number of dihydropyridines is 1. The predicted molar refractivity (Wildman–Crippen MR) is 73.6 cm³/mol. The molecule has 0 aromatic rings. The fourth-order valence-corrected chi connectivity index (χ4v) is 3.08. The molecule has 2 rings (SSSR count). The van der Waals surface area contributed by atoms with E-state index < -0.39 is 5.92 Å². The molecule has 1 unspecified atom stereocenters. The SMILES string of the molecule is CC1=C(SCCO)C2C(=O)N(C)C(=O)[N+](C)=C2N=C1. The number of allylic oxidation sites excluding steroid dienone is 1. The molecule has 2 aliphatic heterocycles. The lowest BCUT2D eigenvalue weighted by atomic mass is 9.99. The maximum Gasteiger partial charge on any atom is 0.445 e. The molecule has 1 N–H and O–H groups in total. The normalized spacial score (nSPS) is 23.4. The Morgan fingerprint density at radius 2 is 2.21 bits per heavy atom. The summed E-state index contributed by atoms with van der Waals surface area (Å²) in [5.74, 6) is 0.169. The summed E-state index contributed by atoms with van der Waals surface area (Å²) in [6, 6.07) is -0.375. The summed E-state index contributed by atoms with van der Waals surface area (Å²) in [5.41, 5.74) is 0.900. The lowest BCUT2D eigenvalue weighted by molar-refractivity contribution is -0.407. The van der Waals surface area contributed by atoms with Gasteiger partial charge in [0.15, 0.2) is 5.92 Å². The van der Waals surface area contributed by atoms with E-state index in [1.165, 1.54) is 23.4 Å². The van der Waals surface area contributed by atoms with Crippen LogP contribution in [0, 0.1) is 5.92 Å². The van der Waals surface area contributed by atoms with Gasteiger partial charge in [-0.3, -0.25) is 4.79 Å². The highest BCUT2D eigenvalue weighted by Crippen LogP contribution is 2.34. The van der Waals surface area contributed by atoms with E-state index in [0.29, 0.717) is 11.6 Å². The van der Waals surface area contributed by atoms with E-state index in [0.717, 1.165) is 15.4 Å². The van der Waals surface area contributed by atoms with Crippen LogP contribution in [0.5, 0.6) is 0 Å². The van der Waals surface area contributed by atoms with Crippen molar-refractivity contribution in [3.8, 4) is 0 Å². The van der Waals surface area contributed by atoms with Gasteiger partial charge in [0.05, 0.1) is 20.7 Å². The Bertz CT molecular complexity index is 536. The van der Waals surface area contributed by atoms with E-state index in [-0.39, 0.29) is 18.5 Å². The van der Waals surface area contributed by atoms with Crippen LogP contribution in [0.25, 0.3) is 0 Å². The second kappa shape index (κ2) is 5.26. The van der Waals surface area contributed by atoms with Gasteiger partial charge >= 0.3 is 11.9 Å². The van der Waals surface area contributed by atoms with E-state index in [1.807, 2.05) is 6.92 Å². The first-order chi connectivity index (χ1) is 8.99. The molecular formula is C12H16N3O3S+. The number of amides is 3. The van der Waals surface area contributed by atoms with E-state index in [4.69, 9.17) is 5.11 Å². The van der Waals surface area contributed by atoms with Crippen molar-refractivity contribution >= 4 is 35.8 Å². The highest BCUT2D eigenvalue weighted by Gasteiger charge is 2.47. The largest absolute Gasteiger partial charge is 0.445 e. The average Bonchev–Trinajstić information content (AvgIpc) is 2.41. The smallest absolute Gasteiger partial charge is 0.396 e. The first-order valence-electron chi connectivity index (χ1n) is 5.89. The van der Waals surface area contributed by atoms with Crippen molar-refractivity contribution in [2.24, 2.45) is 10.9 Å². The Balaban J connectivity index is 2.49. The maximum atomic E-state index is 12.3. The number of imide groups is 1. The van der Waals surface area contributed by atoms with Crippen LogP contribution >= 0.6 is 11.8 Å². The fraction of sp³-hybridized carbons (Fsp3) is 0.500. The van der Waals surface area contributed by atoms with Crippen LogP contribution < -0.4 is 0 Å². The Kier molecular flexibility index (Phi) is 3.86. The minimum absolute atomic E-state index is 0.0411. The zero-order chi connectivity index (χ0) is 14.2. The first-order valence-corrected chi connectivity index (χ1v) is 6.88. The number of aliphatic hydroxyl groups is 1. The summed E-state index contributed by atoms with van der Waals surface area (Å²) in [6.07, 6.45) is 1.66. The van der Waals surface area contributed by atoms with Gasteiger partial charge in [-0.05, 0) is 12.5 Å². The summed E-state index contributed by atoms with van der Waals surface area (Å²) in [7, 11) is 3.08.